The summed E-state index contributed by atoms with van der Waals surface area (Å²) in [5.41, 5.74) is 2.63. The van der Waals surface area contributed by atoms with Crippen LogP contribution in [0.2, 0.25) is 0 Å². The molecule has 2 saturated carbocycles. The number of benzene rings is 2. The van der Waals surface area contributed by atoms with Crippen molar-refractivity contribution in [2.45, 2.75) is 240 Å². The Kier molecular flexibility index (Phi) is 29.6. The number of ether oxygens (including phenoxy) is 3. The minimum Gasteiger partial charge on any atom is -0.462 e. The molecule has 7 heteroatoms. The molecule has 4 rings (SSSR count). The van der Waals surface area contributed by atoms with Crippen LogP contribution in [0.1, 0.15) is 231 Å². The smallest absolute Gasteiger partial charge is 0.306 e. The van der Waals surface area contributed by atoms with Crippen molar-refractivity contribution in [3.8, 4) is 0 Å². The summed E-state index contributed by atoms with van der Waals surface area (Å²) in [4.78, 5) is 39.9. The molecule has 2 aromatic rings. The fourth-order valence-electron chi connectivity index (χ4n) is 10.9. The Balaban J connectivity index is 1.04. The number of hydrogen-bond donors (Lipinski definition) is 0. The first-order valence-corrected chi connectivity index (χ1v) is 29.6. The average Bonchev–Trinajstić information content (AvgIpc) is 4.30. The highest BCUT2D eigenvalue weighted by Gasteiger charge is 2.37. The summed E-state index contributed by atoms with van der Waals surface area (Å²) in [5, 5.41) is 0. The predicted molar refractivity (Wildman–Crippen MR) is 308 cm³/mol. The molecule has 0 N–H and O–H groups in total. The standard InChI is InChI=1S/C67H103NO6/c1-64(2,56-65(3,4)57-68(5)6)53-63(71)74-60(41-29-15-11-7-9-13-19-33-45-66(49-50-66)47-35-21-17-31-43-61(69)72-54-58-37-25-23-26-38-58)42-30-16-12-8-10-14-20-34-46-67(51-52-67)48-36-22-18-32-44-62(70)73-55-59-39-27-24-28-40-59/h23-28,33-40,45-48,60H,7-22,29-32,41-44,49-57H2,1-6H3/b45-33-,46-34-,47-35-,48-36-. The molecule has 0 unspecified atom stereocenters. The number of nitrogens with zero attached hydrogens (tertiary/aromatic N) is 1. The van der Waals surface area contributed by atoms with E-state index in [1.165, 1.54) is 89.9 Å². The van der Waals surface area contributed by atoms with Crippen LogP contribution < -0.4 is 0 Å². The van der Waals surface area contributed by atoms with Gasteiger partial charge in [-0.25, -0.2) is 0 Å². The lowest BCUT2D eigenvalue weighted by Crippen LogP contribution is -2.34. The molecule has 0 bridgehead atoms. The van der Waals surface area contributed by atoms with Gasteiger partial charge in [0.25, 0.3) is 0 Å². The van der Waals surface area contributed by atoms with E-state index in [1.54, 1.807) is 0 Å². The zero-order chi connectivity index (χ0) is 53.2. The van der Waals surface area contributed by atoms with Crippen molar-refractivity contribution in [1.29, 1.82) is 0 Å². The molecule has 0 heterocycles. The highest BCUT2D eigenvalue weighted by Crippen LogP contribution is 2.49. The number of unbranched alkanes of at least 4 members (excludes halogenated alkanes) is 16. The summed E-state index contributed by atoms with van der Waals surface area (Å²) in [6.45, 7) is 10.8. The van der Waals surface area contributed by atoms with E-state index in [2.05, 4.69) is 95.3 Å². The lowest BCUT2D eigenvalue weighted by atomic mass is 9.73. The van der Waals surface area contributed by atoms with Crippen LogP contribution in [0.25, 0.3) is 0 Å². The van der Waals surface area contributed by atoms with Crippen LogP contribution in [0, 0.1) is 21.7 Å². The Morgan fingerprint density at radius 3 is 1.24 bits per heavy atom. The van der Waals surface area contributed by atoms with Crippen molar-refractivity contribution in [1.82, 2.24) is 4.90 Å². The molecular weight excluding hydrogens is 915 g/mol. The lowest BCUT2D eigenvalue weighted by molar-refractivity contribution is -0.153. The second-order valence-electron chi connectivity index (χ2n) is 24.3. The summed E-state index contributed by atoms with van der Waals surface area (Å²) in [6, 6.07) is 19.7. The molecule has 2 fully saturated rings. The molecule has 2 aliphatic carbocycles. The molecule has 0 aromatic heterocycles. The maximum absolute atomic E-state index is 13.5. The minimum absolute atomic E-state index is 0.0170. The van der Waals surface area contributed by atoms with Gasteiger partial charge < -0.3 is 19.1 Å². The van der Waals surface area contributed by atoms with E-state index >= 15 is 0 Å². The Hall–Kier alpha value is -4.23. The van der Waals surface area contributed by atoms with E-state index in [0.29, 0.717) is 32.5 Å². The Morgan fingerprint density at radius 1 is 0.500 bits per heavy atom. The van der Waals surface area contributed by atoms with Crippen LogP contribution in [0.15, 0.2) is 109 Å². The van der Waals surface area contributed by atoms with Gasteiger partial charge >= 0.3 is 17.9 Å². The Morgan fingerprint density at radius 2 is 0.865 bits per heavy atom. The van der Waals surface area contributed by atoms with Gasteiger partial charge in [-0.1, -0.05) is 188 Å². The van der Waals surface area contributed by atoms with Crippen LogP contribution in [0.4, 0.5) is 0 Å². The van der Waals surface area contributed by atoms with Crippen molar-refractivity contribution < 1.29 is 28.6 Å². The highest BCUT2D eigenvalue weighted by atomic mass is 16.5. The van der Waals surface area contributed by atoms with Gasteiger partial charge in [0.15, 0.2) is 0 Å². The molecular formula is C67H103NO6. The third-order valence-corrected chi connectivity index (χ3v) is 14.9. The van der Waals surface area contributed by atoms with E-state index < -0.39 is 0 Å². The second kappa shape index (κ2) is 35.2. The highest BCUT2D eigenvalue weighted by molar-refractivity contribution is 5.70. The number of esters is 3. The van der Waals surface area contributed by atoms with Crippen molar-refractivity contribution in [2.24, 2.45) is 21.7 Å². The summed E-state index contributed by atoms with van der Waals surface area (Å²) in [6.07, 6.45) is 51.4. The third-order valence-electron chi connectivity index (χ3n) is 14.9. The fraction of sp³-hybridized carbons (Fsp3) is 0.657. The van der Waals surface area contributed by atoms with E-state index in [9.17, 15) is 14.4 Å². The first-order chi connectivity index (χ1) is 35.7. The van der Waals surface area contributed by atoms with E-state index in [1.807, 2.05) is 60.7 Å². The van der Waals surface area contributed by atoms with Gasteiger partial charge in [-0.3, -0.25) is 14.4 Å². The van der Waals surface area contributed by atoms with Crippen LogP contribution >= 0.6 is 0 Å². The van der Waals surface area contributed by atoms with Crippen molar-refractivity contribution in [3.05, 3.63) is 120 Å². The predicted octanol–water partition coefficient (Wildman–Crippen LogP) is 17.9. The number of rotatable bonds is 43. The molecule has 7 nitrogen and oxygen atoms in total. The third kappa shape index (κ3) is 30.4. The van der Waals surface area contributed by atoms with E-state index in [-0.39, 0.29) is 45.7 Å². The maximum Gasteiger partial charge on any atom is 0.306 e. The SMILES string of the molecule is CN(C)CC(C)(C)CC(C)(C)CC(=O)OC(CCCCCCCC/C=C\C1(/C=C\CCCCC(=O)OCc2ccccc2)CC1)CCCCCCCC/C=C\C1(/C=C\CCCCC(=O)OCc2ccccc2)CC1. The number of hydrogen-bond acceptors (Lipinski definition) is 7. The van der Waals surface area contributed by atoms with Crippen molar-refractivity contribution in [3.63, 3.8) is 0 Å². The molecule has 0 aliphatic heterocycles. The number of carbonyl (C=O) groups is 3. The Labute approximate surface area is 451 Å². The normalized spacial score (nSPS) is 15.3. The molecule has 0 radical (unpaired) electrons. The average molecular weight is 1020 g/mol. The van der Waals surface area contributed by atoms with E-state index in [4.69, 9.17) is 14.2 Å². The van der Waals surface area contributed by atoms with Gasteiger partial charge in [0, 0.05) is 30.2 Å². The topological polar surface area (TPSA) is 82.1 Å². The van der Waals surface area contributed by atoms with Gasteiger partial charge in [0.1, 0.15) is 19.3 Å². The van der Waals surface area contributed by atoms with Gasteiger partial charge in [-0.2, -0.15) is 0 Å². The largest absolute Gasteiger partial charge is 0.462 e. The quantitative estimate of drug-likeness (QED) is 0.0283. The molecule has 0 saturated heterocycles. The molecule has 74 heavy (non-hydrogen) atoms. The van der Waals surface area contributed by atoms with Crippen molar-refractivity contribution >= 4 is 17.9 Å². The molecule has 412 valence electrons. The van der Waals surface area contributed by atoms with Crippen LogP contribution in [0.3, 0.4) is 0 Å². The van der Waals surface area contributed by atoms with Crippen LogP contribution in [-0.2, 0) is 41.8 Å². The molecule has 2 aromatic carbocycles. The van der Waals surface area contributed by atoms with Crippen LogP contribution in [0.5, 0.6) is 0 Å². The zero-order valence-corrected chi connectivity index (χ0v) is 47.7. The second-order valence-corrected chi connectivity index (χ2v) is 24.3. The summed E-state index contributed by atoms with van der Waals surface area (Å²) in [5.74, 6) is -0.230. The minimum atomic E-state index is -0.108. The fourth-order valence-corrected chi connectivity index (χ4v) is 10.9. The Bertz CT molecular complexity index is 1840. The van der Waals surface area contributed by atoms with Gasteiger partial charge in [-0.15, -0.1) is 0 Å². The first kappa shape index (κ1) is 62.3. The molecule has 2 aliphatic rings. The first-order valence-electron chi connectivity index (χ1n) is 29.6. The van der Waals surface area contributed by atoms with Crippen LogP contribution in [-0.4, -0.2) is 49.6 Å². The number of allylic oxidation sites excluding steroid dienone is 8. The molecule has 0 amide bonds. The van der Waals surface area contributed by atoms with Gasteiger partial charge in [-0.05, 0) is 158 Å². The molecule has 0 atom stereocenters. The summed E-state index contributed by atoms with van der Waals surface area (Å²) >= 11 is 0. The monoisotopic (exact) mass is 1020 g/mol. The van der Waals surface area contributed by atoms with E-state index in [0.717, 1.165) is 101 Å². The number of carbonyl (C=O) groups excluding carboxylic acids is 3. The van der Waals surface area contributed by atoms with Crippen molar-refractivity contribution in [2.75, 3.05) is 20.6 Å². The molecule has 0 spiro atoms. The summed E-state index contributed by atoms with van der Waals surface area (Å²) in [7, 11) is 4.25. The van der Waals surface area contributed by atoms with Gasteiger partial charge in [0.2, 0.25) is 0 Å². The summed E-state index contributed by atoms with van der Waals surface area (Å²) < 4.78 is 17.1. The lowest BCUT2D eigenvalue weighted by Gasteiger charge is -2.36. The van der Waals surface area contributed by atoms with Gasteiger partial charge in [0.05, 0.1) is 6.42 Å². The maximum atomic E-state index is 13.5. The zero-order valence-electron chi connectivity index (χ0n) is 47.7.